The van der Waals surface area contributed by atoms with E-state index in [2.05, 4.69) is 20.6 Å². The van der Waals surface area contributed by atoms with Crippen molar-refractivity contribution in [2.24, 2.45) is 5.92 Å². The summed E-state index contributed by atoms with van der Waals surface area (Å²) >= 11 is 0. The number of anilines is 2. The average Bonchev–Trinajstić information content (AvgIpc) is 2.36. The SMILES string of the molecule is CNc1nc(NC(C)C(C)CO)cc(C(F)(F)F)n1. The first-order chi connectivity index (χ1) is 8.77. The van der Waals surface area contributed by atoms with Crippen LogP contribution >= 0.6 is 0 Å². The van der Waals surface area contributed by atoms with Crippen LogP contribution in [0, 0.1) is 5.92 Å². The van der Waals surface area contributed by atoms with Crippen molar-refractivity contribution in [3.8, 4) is 0 Å². The van der Waals surface area contributed by atoms with Gasteiger partial charge < -0.3 is 15.7 Å². The molecule has 0 fully saturated rings. The second-order valence-electron chi connectivity index (χ2n) is 4.30. The molecule has 0 saturated heterocycles. The maximum atomic E-state index is 12.7. The minimum atomic E-state index is -4.53. The molecule has 3 N–H and O–H groups in total. The number of aromatic nitrogens is 2. The molecule has 0 amide bonds. The van der Waals surface area contributed by atoms with Gasteiger partial charge in [-0.25, -0.2) is 4.98 Å². The predicted octanol–water partition coefficient (Wildman–Crippen LogP) is 1.97. The van der Waals surface area contributed by atoms with Crippen LogP contribution in [0.3, 0.4) is 0 Å². The fourth-order valence-electron chi connectivity index (χ4n) is 1.31. The maximum absolute atomic E-state index is 12.7. The first kappa shape index (κ1) is 15.5. The first-order valence-corrected chi connectivity index (χ1v) is 5.79. The van der Waals surface area contributed by atoms with Crippen LogP contribution in [0.15, 0.2) is 6.07 Å². The Hall–Kier alpha value is -1.57. The van der Waals surface area contributed by atoms with Crippen molar-refractivity contribution in [3.63, 3.8) is 0 Å². The van der Waals surface area contributed by atoms with Crippen LogP contribution in [0.25, 0.3) is 0 Å². The summed E-state index contributed by atoms with van der Waals surface area (Å²) in [6.07, 6.45) is -4.53. The molecule has 0 aliphatic rings. The smallest absolute Gasteiger partial charge is 0.396 e. The highest BCUT2D eigenvalue weighted by molar-refractivity contribution is 5.43. The van der Waals surface area contributed by atoms with Crippen LogP contribution in [0.2, 0.25) is 0 Å². The van der Waals surface area contributed by atoms with E-state index >= 15 is 0 Å². The third-order valence-electron chi connectivity index (χ3n) is 2.76. The van der Waals surface area contributed by atoms with Gasteiger partial charge in [0.1, 0.15) is 5.82 Å². The van der Waals surface area contributed by atoms with E-state index in [0.29, 0.717) is 0 Å². The van der Waals surface area contributed by atoms with Crippen LogP contribution < -0.4 is 10.6 Å². The van der Waals surface area contributed by atoms with Gasteiger partial charge in [-0.3, -0.25) is 0 Å². The van der Waals surface area contributed by atoms with E-state index in [-0.39, 0.29) is 30.3 Å². The van der Waals surface area contributed by atoms with Crippen LogP contribution in [0.4, 0.5) is 24.9 Å². The molecule has 1 heterocycles. The largest absolute Gasteiger partial charge is 0.433 e. The molecule has 0 aromatic carbocycles. The molecule has 0 aliphatic carbocycles. The zero-order chi connectivity index (χ0) is 14.6. The highest BCUT2D eigenvalue weighted by Crippen LogP contribution is 2.29. The van der Waals surface area contributed by atoms with Gasteiger partial charge in [0, 0.05) is 25.8 Å². The van der Waals surface area contributed by atoms with E-state index in [0.717, 1.165) is 6.07 Å². The molecule has 0 radical (unpaired) electrons. The van der Waals surface area contributed by atoms with Crippen molar-refractivity contribution in [2.45, 2.75) is 26.1 Å². The Morgan fingerprint density at radius 1 is 1.32 bits per heavy atom. The number of nitrogens with one attached hydrogen (secondary N) is 2. The first-order valence-electron chi connectivity index (χ1n) is 5.79. The second-order valence-corrected chi connectivity index (χ2v) is 4.30. The highest BCUT2D eigenvalue weighted by atomic mass is 19.4. The molecule has 0 saturated carbocycles. The minimum absolute atomic E-state index is 0.0652. The summed E-state index contributed by atoms with van der Waals surface area (Å²) in [6, 6.07) is 0.632. The molecule has 1 rings (SSSR count). The van der Waals surface area contributed by atoms with Gasteiger partial charge in [0.15, 0.2) is 5.69 Å². The van der Waals surface area contributed by atoms with Gasteiger partial charge in [-0.1, -0.05) is 6.92 Å². The molecule has 8 heteroatoms. The highest BCUT2D eigenvalue weighted by Gasteiger charge is 2.33. The molecular weight excluding hydrogens is 261 g/mol. The van der Waals surface area contributed by atoms with Crippen LogP contribution in [0.1, 0.15) is 19.5 Å². The van der Waals surface area contributed by atoms with Crippen molar-refractivity contribution < 1.29 is 18.3 Å². The standard InChI is InChI=1S/C11H17F3N4O/c1-6(5-19)7(2)16-9-4-8(11(12,13)14)17-10(15-3)18-9/h4,6-7,19H,5H2,1-3H3,(H2,15,16,17,18). The minimum Gasteiger partial charge on any atom is -0.396 e. The lowest BCUT2D eigenvalue weighted by molar-refractivity contribution is -0.141. The fraction of sp³-hybridized carbons (Fsp3) is 0.636. The molecule has 2 atom stereocenters. The van der Waals surface area contributed by atoms with Crippen molar-refractivity contribution in [1.29, 1.82) is 0 Å². The van der Waals surface area contributed by atoms with Gasteiger partial charge in [0.05, 0.1) is 0 Å². The monoisotopic (exact) mass is 278 g/mol. The molecule has 0 aliphatic heterocycles. The predicted molar refractivity (Wildman–Crippen MR) is 65.9 cm³/mol. The van der Waals surface area contributed by atoms with Crippen molar-refractivity contribution >= 4 is 11.8 Å². The number of hydrogen-bond acceptors (Lipinski definition) is 5. The van der Waals surface area contributed by atoms with E-state index in [1.165, 1.54) is 7.05 Å². The van der Waals surface area contributed by atoms with E-state index < -0.39 is 11.9 Å². The third kappa shape index (κ3) is 4.23. The van der Waals surface area contributed by atoms with Crippen LogP contribution in [-0.4, -0.2) is 34.8 Å². The van der Waals surface area contributed by atoms with Gasteiger partial charge in [0.2, 0.25) is 5.95 Å². The van der Waals surface area contributed by atoms with E-state index in [1.807, 2.05) is 0 Å². The molecule has 1 aromatic heterocycles. The van der Waals surface area contributed by atoms with Gasteiger partial charge in [0.25, 0.3) is 0 Å². The van der Waals surface area contributed by atoms with Crippen LogP contribution in [0.5, 0.6) is 0 Å². The van der Waals surface area contributed by atoms with Gasteiger partial charge >= 0.3 is 6.18 Å². The lowest BCUT2D eigenvalue weighted by atomic mass is 10.1. The number of rotatable bonds is 5. The second kappa shape index (κ2) is 6.05. The van der Waals surface area contributed by atoms with Crippen LogP contribution in [-0.2, 0) is 6.18 Å². The zero-order valence-electron chi connectivity index (χ0n) is 10.9. The normalized spacial score (nSPS) is 14.9. The van der Waals surface area contributed by atoms with E-state index in [1.54, 1.807) is 13.8 Å². The van der Waals surface area contributed by atoms with Crippen molar-refractivity contribution in [3.05, 3.63) is 11.8 Å². The molecule has 0 bridgehead atoms. The maximum Gasteiger partial charge on any atom is 0.433 e. The van der Waals surface area contributed by atoms with Gasteiger partial charge in [-0.15, -0.1) is 0 Å². The quantitative estimate of drug-likeness (QED) is 0.768. The summed E-state index contributed by atoms with van der Waals surface area (Å²) in [6.45, 7) is 3.47. The number of alkyl halides is 3. The Morgan fingerprint density at radius 2 is 1.95 bits per heavy atom. The van der Waals surface area contributed by atoms with E-state index in [4.69, 9.17) is 5.11 Å². The summed E-state index contributed by atoms with van der Waals surface area (Å²) in [5.74, 6) is -0.150. The number of hydrogen-bond donors (Lipinski definition) is 3. The van der Waals surface area contributed by atoms with Crippen molar-refractivity contribution in [2.75, 3.05) is 24.3 Å². The summed E-state index contributed by atoms with van der Waals surface area (Å²) in [7, 11) is 1.44. The van der Waals surface area contributed by atoms with Gasteiger partial charge in [-0.05, 0) is 12.8 Å². The summed E-state index contributed by atoms with van der Waals surface area (Å²) in [4.78, 5) is 7.27. The third-order valence-corrected chi connectivity index (χ3v) is 2.76. The Labute approximate surface area is 109 Å². The fourth-order valence-corrected chi connectivity index (χ4v) is 1.31. The Balaban J connectivity index is 3.01. The van der Waals surface area contributed by atoms with Gasteiger partial charge in [-0.2, -0.15) is 18.2 Å². The molecule has 5 nitrogen and oxygen atoms in total. The molecule has 108 valence electrons. The average molecular weight is 278 g/mol. The topological polar surface area (TPSA) is 70.1 Å². The molecule has 19 heavy (non-hydrogen) atoms. The zero-order valence-corrected chi connectivity index (χ0v) is 10.9. The molecule has 1 aromatic rings. The summed E-state index contributed by atoms with van der Waals surface area (Å²) in [5, 5.41) is 14.3. The lowest BCUT2D eigenvalue weighted by Crippen LogP contribution is -2.27. The Morgan fingerprint density at radius 3 is 2.42 bits per heavy atom. The molecule has 2 unspecified atom stereocenters. The summed E-state index contributed by atoms with van der Waals surface area (Å²) < 4.78 is 38.0. The lowest BCUT2D eigenvalue weighted by Gasteiger charge is -2.20. The molecular formula is C11H17F3N4O. The number of aliphatic hydroxyl groups excluding tert-OH is 1. The summed E-state index contributed by atoms with van der Waals surface area (Å²) in [5.41, 5.74) is -1.02. The Bertz CT molecular complexity index is 425. The number of aliphatic hydroxyl groups is 1. The number of nitrogens with zero attached hydrogens (tertiary/aromatic N) is 2. The number of halogens is 3. The van der Waals surface area contributed by atoms with E-state index in [9.17, 15) is 13.2 Å². The Kier molecular flexibility index (Phi) is 4.93. The molecule has 0 spiro atoms. The van der Waals surface area contributed by atoms with Crippen molar-refractivity contribution in [1.82, 2.24) is 9.97 Å².